The minimum atomic E-state index is -0.513. The molecular weight excluding hydrogens is 572 g/mol. The number of aryl methyl sites for hydroxylation is 2. The molecular formula is C40H48N2O4. The van der Waals surface area contributed by atoms with Crippen LogP contribution in [0.1, 0.15) is 78.6 Å². The van der Waals surface area contributed by atoms with Crippen LogP contribution in [-0.2, 0) is 30.5 Å². The Morgan fingerprint density at radius 3 is 2.22 bits per heavy atom. The van der Waals surface area contributed by atoms with Crippen LogP contribution in [0.15, 0.2) is 103 Å². The maximum Gasteiger partial charge on any atom is 0.161 e. The highest BCUT2D eigenvalue weighted by Crippen LogP contribution is 2.28. The minimum absolute atomic E-state index is 0.0695. The smallest absolute Gasteiger partial charge is 0.161 e. The first kappa shape index (κ1) is 34.5. The monoisotopic (exact) mass is 620 g/mol. The van der Waals surface area contributed by atoms with Crippen molar-refractivity contribution in [3.05, 3.63) is 137 Å². The molecule has 46 heavy (non-hydrogen) atoms. The molecule has 0 spiro atoms. The van der Waals surface area contributed by atoms with E-state index in [4.69, 9.17) is 16.2 Å². The fraction of sp³-hybridized carbons (Fsp3) is 0.325. The third-order valence-electron chi connectivity index (χ3n) is 8.38. The molecule has 1 atom stereocenters. The third kappa shape index (κ3) is 11.5. The zero-order valence-corrected chi connectivity index (χ0v) is 26.9. The van der Waals surface area contributed by atoms with E-state index in [0.717, 1.165) is 53.5 Å². The Morgan fingerprint density at radius 1 is 0.783 bits per heavy atom. The molecule has 0 aliphatic heterocycles. The summed E-state index contributed by atoms with van der Waals surface area (Å²) in [5.41, 5.74) is 17.5. The second-order valence-corrected chi connectivity index (χ2v) is 12.2. The fourth-order valence-electron chi connectivity index (χ4n) is 5.47. The number of aromatic hydroxyl groups is 2. The van der Waals surface area contributed by atoms with E-state index in [1.54, 1.807) is 18.2 Å². The van der Waals surface area contributed by atoms with Crippen LogP contribution in [0.5, 0.6) is 17.2 Å². The maximum absolute atomic E-state index is 12.5. The Kier molecular flexibility index (Phi) is 13.4. The summed E-state index contributed by atoms with van der Waals surface area (Å²) < 4.78 is 5.93. The number of rotatable bonds is 18. The Balaban J connectivity index is 1.17. The molecule has 0 aliphatic rings. The van der Waals surface area contributed by atoms with Crippen molar-refractivity contribution in [1.82, 2.24) is 0 Å². The largest absolute Gasteiger partial charge is 0.508 e. The van der Waals surface area contributed by atoms with Crippen molar-refractivity contribution in [2.24, 2.45) is 17.4 Å². The average Bonchev–Trinajstić information content (AvgIpc) is 3.06. The lowest BCUT2D eigenvalue weighted by Gasteiger charge is -2.12. The van der Waals surface area contributed by atoms with Crippen molar-refractivity contribution in [2.45, 2.75) is 70.9 Å². The number of carbonyl (C=O) groups is 1. The van der Waals surface area contributed by atoms with Gasteiger partial charge in [0.1, 0.15) is 5.75 Å². The first-order chi connectivity index (χ1) is 22.3. The minimum Gasteiger partial charge on any atom is -0.508 e. The Bertz CT molecular complexity index is 1550. The van der Waals surface area contributed by atoms with E-state index in [1.165, 1.54) is 12.0 Å². The average molecular weight is 621 g/mol. The standard InChI is InChI=1S/C40H48N2O4/c1-29(12-13-30-9-5-3-6-10-30)8-4-2-7-11-36(43)21-16-32-18-23-38(45)39(28-32)46-25-24-33-17-22-37(44)35(27-33)26-31-14-19-34(20-15-31)40(41)42/h3,5-7,9-11,14-15,17-20,22-23,27-29,40,44-45H,2,4,8,12-13,16,21,24-26,41-42H2,1H3/t29-/m1/s1. The van der Waals surface area contributed by atoms with Gasteiger partial charge in [0.15, 0.2) is 17.3 Å². The number of ketones is 1. The Morgan fingerprint density at radius 2 is 1.48 bits per heavy atom. The van der Waals surface area contributed by atoms with E-state index in [-0.39, 0.29) is 17.3 Å². The molecule has 4 rings (SSSR count). The number of hydrogen-bond acceptors (Lipinski definition) is 6. The molecule has 6 nitrogen and oxygen atoms in total. The van der Waals surface area contributed by atoms with Crippen LogP contribution >= 0.6 is 0 Å². The van der Waals surface area contributed by atoms with Gasteiger partial charge in [-0.2, -0.15) is 0 Å². The summed E-state index contributed by atoms with van der Waals surface area (Å²) in [5, 5.41) is 20.8. The number of ether oxygens (including phenoxy) is 1. The van der Waals surface area contributed by atoms with Gasteiger partial charge < -0.3 is 26.4 Å². The van der Waals surface area contributed by atoms with Gasteiger partial charge in [0.2, 0.25) is 0 Å². The summed E-state index contributed by atoms with van der Waals surface area (Å²) >= 11 is 0. The number of carbonyl (C=O) groups excluding carboxylic acids is 1. The molecule has 0 bridgehead atoms. The van der Waals surface area contributed by atoms with E-state index < -0.39 is 6.17 Å². The summed E-state index contributed by atoms with van der Waals surface area (Å²) in [6, 6.07) is 29.2. The number of allylic oxidation sites excluding steroid dienone is 2. The zero-order chi connectivity index (χ0) is 32.7. The van der Waals surface area contributed by atoms with Crippen molar-refractivity contribution in [3.8, 4) is 17.2 Å². The second kappa shape index (κ2) is 17.9. The van der Waals surface area contributed by atoms with Crippen LogP contribution in [-0.4, -0.2) is 22.6 Å². The van der Waals surface area contributed by atoms with E-state index in [9.17, 15) is 15.0 Å². The van der Waals surface area contributed by atoms with E-state index in [0.29, 0.717) is 44.0 Å². The molecule has 0 aromatic heterocycles. The lowest BCUT2D eigenvalue weighted by Crippen LogP contribution is -2.19. The van der Waals surface area contributed by atoms with Gasteiger partial charge in [-0.15, -0.1) is 0 Å². The van der Waals surface area contributed by atoms with Gasteiger partial charge in [0.25, 0.3) is 0 Å². The van der Waals surface area contributed by atoms with Crippen LogP contribution in [0.2, 0.25) is 0 Å². The normalized spacial score (nSPS) is 12.1. The molecule has 0 radical (unpaired) electrons. The lowest BCUT2D eigenvalue weighted by atomic mass is 9.96. The quantitative estimate of drug-likeness (QED) is 0.0514. The van der Waals surface area contributed by atoms with Gasteiger partial charge in [-0.25, -0.2) is 0 Å². The number of phenols is 2. The Hall–Kier alpha value is -4.39. The second-order valence-electron chi connectivity index (χ2n) is 12.2. The first-order valence-corrected chi connectivity index (χ1v) is 16.4. The molecule has 4 aromatic rings. The molecule has 0 saturated carbocycles. The molecule has 242 valence electrons. The summed E-state index contributed by atoms with van der Waals surface area (Å²) in [5.74, 6) is 1.48. The highest BCUT2D eigenvalue weighted by molar-refractivity contribution is 5.89. The molecule has 0 heterocycles. The molecule has 0 saturated heterocycles. The first-order valence-electron chi connectivity index (χ1n) is 16.4. The summed E-state index contributed by atoms with van der Waals surface area (Å²) in [7, 11) is 0. The SMILES string of the molecule is C[C@H](CCCC=CC(=O)CCc1ccc(O)c(OCCc2ccc(O)c(Cc3ccc(C(N)N)cc3)c2)c1)CCc1ccccc1. The van der Waals surface area contributed by atoms with E-state index >= 15 is 0 Å². The fourth-order valence-corrected chi connectivity index (χ4v) is 5.47. The number of phenolic OH excluding ortho intramolecular Hbond substituents is 2. The highest BCUT2D eigenvalue weighted by atomic mass is 16.5. The molecule has 0 unspecified atom stereocenters. The number of unbranched alkanes of at least 4 members (excludes halogenated alkanes) is 1. The van der Waals surface area contributed by atoms with Crippen molar-refractivity contribution < 1.29 is 19.7 Å². The summed E-state index contributed by atoms with van der Waals surface area (Å²) in [6.07, 6.45) is 10.8. The van der Waals surface area contributed by atoms with Gasteiger partial charge >= 0.3 is 0 Å². The molecule has 0 aliphatic carbocycles. The maximum atomic E-state index is 12.5. The van der Waals surface area contributed by atoms with Gasteiger partial charge in [-0.1, -0.05) is 92.2 Å². The van der Waals surface area contributed by atoms with E-state index in [1.807, 2.05) is 54.6 Å². The molecule has 6 heteroatoms. The van der Waals surface area contributed by atoms with Crippen molar-refractivity contribution in [1.29, 1.82) is 0 Å². The summed E-state index contributed by atoms with van der Waals surface area (Å²) in [4.78, 5) is 12.5. The van der Waals surface area contributed by atoms with Crippen molar-refractivity contribution in [3.63, 3.8) is 0 Å². The molecule has 4 aromatic carbocycles. The van der Waals surface area contributed by atoms with Crippen LogP contribution in [0, 0.1) is 5.92 Å². The van der Waals surface area contributed by atoms with Crippen LogP contribution < -0.4 is 16.2 Å². The predicted molar refractivity (Wildman–Crippen MR) is 186 cm³/mol. The molecule has 6 N–H and O–H groups in total. The van der Waals surface area contributed by atoms with E-state index in [2.05, 4.69) is 37.3 Å². The number of hydrogen-bond donors (Lipinski definition) is 4. The van der Waals surface area contributed by atoms with Crippen LogP contribution in [0.3, 0.4) is 0 Å². The van der Waals surface area contributed by atoms with Gasteiger partial charge in [0, 0.05) is 19.3 Å². The predicted octanol–water partition coefficient (Wildman–Crippen LogP) is 7.72. The van der Waals surface area contributed by atoms with Crippen LogP contribution in [0.4, 0.5) is 0 Å². The van der Waals surface area contributed by atoms with Crippen molar-refractivity contribution in [2.75, 3.05) is 6.61 Å². The van der Waals surface area contributed by atoms with Gasteiger partial charge in [-0.3, -0.25) is 4.79 Å². The highest BCUT2D eigenvalue weighted by Gasteiger charge is 2.09. The van der Waals surface area contributed by atoms with Gasteiger partial charge in [0.05, 0.1) is 12.8 Å². The number of benzene rings is 4. The zero-order valence-electron chi connectivity index (χ0n) is 26.9. The Labute approximate surface area is 273 Å². The molecule has 0 fully saturated rings. The topological polar surface area (TPSA) is 119 Å². The molecule has 0 amide bonds. The van der Waals surface area contributed by atoms with Crippen LogP contribution in [0.25, 0.3) is 0 Å². The summed E-state index contributed by atoms with van der Waals surface area (Å²) in [6.45, 7) is 2.66. The van der Waals surface area contributed by atoms with Crippen molar-refractivity contribution >= 4 is 5.78 Å². The number of nitrogens with two attached hydrogens (primary N) is 2. The third-order valence-corrected chi connectivity index (χ3v) is 8.38. The van der Waals surface area contributed by atoms with Gasteiger partial charge in [-0.05, 0) is 95.7 Å². The lowest BCUT2D eigenvalue weighted by molar-refractivity contribution is -0.114.